The maximum atomic E-state index is 11.1. The highest BCUT2D eigenvalue weighted by Crippen LogP contribution is 2.36. The van der Waals surface area contributed by atoms with E-state index in [1.807, 2.05) is 18.2 Å². The number of aliphatic carboxylic acids is 1. The van der Waals surface area contributed by atoms with Crippen LogP contribution in [-0.2, 0) is 11.2 Å². The minimum atomic E-state index is -0.763. The number of ether oxygens (including phenoxy) is 1. The van der Waals surface area contributed by atoms with E-state index in [4.69, 9.17) is 9.84 Å². The lowest BCUT2D eigenvalue weighted by atomic mass is 9.76. The molecule has 1 aliphatic carbocycles. The van der Waals surface area contributed by atoms with Gasteiger partial charge in [-0.05, 0) is 56.2 Å². The summed E-state index contributed by atoms with van der Waals surface area (Å²) in [5.41, 5.74) is 1.28. The zero-order valence-electron chi connectivity index (χ0n) is 13.9. The highest BCUT2D eigenvalue weighted by molar-refractivity contribution is 5.83. The summed E-state index contributed by atoms with van der Waals surface area (Å²) in [6, 6.07) is 7.96. The molecule has 2 N–H and O–H groups in total. The Morgan fingerprint density at radius 3 is 2.79 bits per heavy atom. The first-order valence-electron chi connectivity index (χ1n) is 8.37. The van der Waals surface area contributed by atoms with E-state index in [1.165, 1.54) is 0 Å². The van der Waals surface area contributed by atoms with Crippen LogP contribution in [0.15, 0.2) is 30.5 Å². The van der Waals surface area contributed by atoms with Crippen molar-refractivity contribution in [2.75, 3.05) is 7.11 Å². The summed E-state index contributed by atoms with van der Waals surface area (Å²) in [5.74, 6) is -0.337. The number of fused-ring (bicyclic) bond motifs is 1. The molecule has 0 atom stereocenters. The van der Waals surface area contributed by atoms with Crippen molar-refractivity contribution in [3.63, 3.8) is 0 Å². The summed E-state index contributed by atoms with van der Waals surface area (Å²) in [4.78, 5) is 15.5. The molecule has 1 saturated carbocycles. The molecule has 2 aromatic rings. The second kappa shape index (κ2) is 6.77. The van der Waals surface area contributed by atoms with Gasteiger partial charge in [0.15, 0.2) is 0 Å². The molecule has 0 radical (unpaired) electrons. The van der Waals surface area contributed by atoms with Crippen molar-refractivity contribution in [1.29, 1.82) is 0 Å². The molecule has 0 spiro atoms. The topological polar surface area (TPSA) is 79.7 Å². The number of methoxy groups -OCH3 is 1. The van der Waals surface area contributed by atoms with Gasteiger partial charge < -0.3 is 14.9 Å². The lowest BCUT2D eigenvalue weighted by molar-refractivity contribution is -0.144. The van der Waals surface area contributed by atoms with Crippen LogP contribution in [0.25, 0.3) is 10.9 Å². The zero-order chi connectivity index (χ0) is 17.2. The Hall–Kier alpha value is -2.14. The Kier molecular flexibility index (Phi) is 4.71. The first kappa shape index (κ1) is 16.7. The average Bonchev–Trinajstić information content (AvgIpc) is 2.60. The van der Waals surface area contributed by atoms with Crippen LogP contribution < -0.4 is 4.74 Å². The number of hydrogen-bond donors (Lipinski definition) is 2. The molecule has 0 aliphatic heterocycles. The largest absolute Gasteiger partial charge is 0.495 e. The molecular formula is C19H23NO4. The quantitative estimate of drug-likeness (QED) is 0.880. The smallest absolute Gasteiger partial charge is 0.306 e. The number of carbonyl (C=O) groups is 1. The van der Waals surface area contributed by atoms with Gasteiger partial charge in [0.1, 0.15) is 5.75 Å². The molecule has 5 heteroatoms. The van der Waals surface area contributed by atoms with E-state index < -0.39 is 11.6 Å². The molecule has 1 fully saturated rings. The third-order valence-corrected chi connectivity index (χ3v) is 5.15. The number of rotatable bonds is 5. The Bertz CT molecular complexity index is 735. The lowest BCUT2D eigenvalue weighted by Crippen LogP contribution is -2.36. The first-order valence-corrected chi connectivity index (χ1v) is 8.37. The molecule has 0 bridgehead atoms. The van der Waals surface area contributed by atoms with Crippen molar-refractivity contribution in [2.45, 2.75) is 44.1 Å². The molecule has 128 valence electrons. The Balaban J connectivity index is 1.73. The van der Waals surface area contributed by atoms with E-state index in [1.54, 1.807) is 13.3 Å². The monoisotopic (exact) mass is 329 g/mol. The highest BCUT2D eigenvalue weighted by atomic mass is 16.5. The predicted molar refractivity (Wildman–Crippen MR) is 91.2 cm³/mol. The van der Waals surface area contributed by atoms with Gasteiger partial charge in [-0.2, -0.15) is 0 Å². The van der Waals surface area contributed by atoms with Crippen molar-refractivity contribution in [1.82, 2.24) is 4.98 Å². The van der Waals surface area contributed by atoms with Gasteiger partial charge in [0.25, 0.3) is 0 Å². The number of carboxylic acids is 1. The maximum absolute atomic E-state index is 11.1. The fourth-order valence-corrected chi connectivity index (χ4v) is 3.54. The van der Waals surface area contributed by atoms with Gasteiger partial charge in [-0.1, -0.05) is 12.1 Å². The third-order valence-electron chi connectivity index (χ3n) is 5.15. The SMILES string of the molecule is COc1cnc2cccc(CC[C@]3(O)CC[C@H](C(=O)O)CC3)c2c1. The standard InChI is InChI=1S/C19H23NO4/c1-24-15-11-16-13(3-2-4-17(16)20-12-15)5-8-19(23)9-6-14(7-10-19)18(21)22/h2-4,11-12,14,23H,5-10H2,1H3,(H,21,22)/t14-,19-. The van der Waals surface area contributed by atoms with E-state index in [-0.39, 0.29) is 5.92 Å². The summed E-state index contributed by atoms with van der Waals surface area (Å²) >= 11 is 0. The summed E-state index contributed by atoms with van der Waals surface area (Å²) < 4.78 is 5.26. The predicted octanol–water partition coefficient (Wildman–Crippen LogP) is 3.18. The maximum Gasteiger partial charge on any atom is 0.306 e. The molecule has 0 amide bonds. The number of carboxylic acid groups (broad SMARTS) is 1. The van der Waals surface area contributed by atoms with Crippen molar-refractivity contribution < 1.29 is 19.7 Å². The van der Waals surface area contributed by atoms with Gasteiger partial charge in [-0.25, -0.2) is 0 Å². The van der Waals surface area contributed by atoms with E-state index >= 15 is 0 Å². The molecular weight excluding hydrogens is 306 g/mol. The van der Waals surface area contributed by atoms with E-state index in [9.17, 15) is 9.90 Å². The van der Waals surface area contributed by atoms with Crippen LogP contribution in [-0.4, -0.2) is 33.9 Å². The van der Waals surface area contributed by atoms with E-state index in [2.05, 4.69) is 11.1 Å². The number of aromatic nitrogens is 1. The minimum absolute atomic E-state index is 0.309. The molecule has 5 nitrogen and oxygen atoms in total. The normalized spacial score (nSPS) is 24.0. The van der Waals surface area contributed by atoms with Crippen LogP contribution in [0.4, 0.5) is 0 Å². The molecule has 1 aromatic carbocycles. The van der Waals surface area contributed by atoms with Gasteiger partial charge >= 0.3 is 5.97 Å². The number of aryl methyl sites for hydroxylation is 1. The van der Waals surface area contributed by atoms with Gasteiger partial charge in [0, 0.05) is 5.39 Å². The Morgan fingerprint density at radius 1 is 1.38 bits per heavy atom. The molecule has 1 aromatic heterocycles. The van der Waals surface area contributed by atoms with E-state index in [0.717, 1.165) is 28.6 Å². The number of pyridine rings is 1. The third kappa shape index (κ3) is 3.51. The summed E-state index contributed by atoms with van der Waals surface area (Å²) in [5, 5.41) is 20.9. The molecule has 0 saturated heterocycles. The Morgan fingerprint density at radius 2 is 2.12 bits per heavy atom. The number of hydrogen-bond acceptors (Lipinski definition) is 4. The Labute approximate surface area is 141 Å². The molecule has 3 rings (SSSR count). The van der Waals surface area contributed by atoms with Crippen molar-refractivity contribution >= 4 is 16.9 Å². The van der Waals surface area contributed by atoms with Crippen LogP contribution in [0.2, 0.25) is 0 Å². The van der Waals surface area contributed by atoms with Crippen LogP contribution in [0.1, 0.15) is 37.7 Å². The molecule has 1 aliphatic rings. The van der Waals surface area contributed by atoms with E-state index in [0.29, 0.717) is 32.1 Å². The van der Waals surface area contributed by atoms with Gasteiger partial charge in [-0.15, -0.1) is 0 Å². The van der Waals surface area contributed by atoms with Crippen LogP contribution in [0, 0.1) is 5.92 Å². The fraction of sp³-hybridized carbons (Fsp3) is 0.474. The highest BCUT2D eigenvalue weighted by Gasteiger charge is 2.35. The van der Waals surface area contributed by atoms with Crippen LogP contribution in [0.5, 0.6) is 5.75 Å². The number of nitrogens with zero attached hydrogens (tertiary/aromatic N) is 1. The van der Waals surface area contributed by atoms with Gasteiger partial charge in [0.2, 0.25) is 0 Å². The summed E-state index contributed by atoms with van der Waals surface area (Å²) in [6.07, 6.45) is 5.28. The average molecular weight is 329 g/mol. The van der Waals surface area contributed by atoms with Gasteiger partial charge in [-0.3, -0.25) is 9.78 Å². The number of benzene rings is 1. The van der Waals surface area contributed by atoms with Crippen molar-refractivity contribution in [3.8, 4) is 5.75 Å². The zero-order valence-corrected chi connectivity index (χ0v) is 13.9. The van der Waals surface area contributed by atoms with Crippen LogP contribution in [0.3, 0.4) is 0 Å². The van der Waals surface area contributed by atoms with Crippen molar-refractivity contribution in [3.05, 3.63) is 36.0 Å². The molecule has 24 heavy (non-hydrogen) atoms. The van der Waals surface area contributed by atoms with Crippen molar-refractivity contribution in [2.24, 2.45) is 5.92 Å². The number of aliphatic hydroxyl groups is 1. The minimum Gasteiger partial charge on any atom is -0.495 e. The summed E-state index contributed by atoms with van der Waals surface area (Å²) in [6.45, 7) is 0. The van der Waals surface area contributed by atoms with Gasteiger partial charge in [0.05, 0.1) is 30.3 Å². The van der Waals surface area contributed by atoms with Crippen LogP contribution >= 0.6 is 0 Å². The first-order chi connectivity index (χ1) is 11.5. The summed E-state index contributed by atoms with van der Waals surface area (Å²) in [7, 11) is 1.62. The second-order valence-electron chi connectivity index (χ2n) is 6.70. The molecule has 0 unspecified atom stereocenters. The second-order valence-corrected chi connectivity index (χ2v) is 6.70. The fourth-order valence-electron chi connectivity index (χ4n) is 3.54. The lowest BCUT2D eigenvalue weighted by Gasteiger charge is -2.34. The molecule has 1 heterocycles.